The summed E-state index contributed by atoms with van der Waals surface area (Å²) in [6, 6.07) is 9.85. The van der Waals surface area contributed by atoms with Gasteiger partial charge in [0.15, 0.2) is 5.16 Å². The molecule has 8 heteroatoms. The number of hydrogen-bond donors (Lipinski definition) is 1. The van der Waals surface area contributed by atoms with Crippen LogP contribution in [0.2, 0.25) is 0 Å². The summed E-state index contributed by atoms with van der Waals surface area (Å²) < 4.78 is 2.19. The van der Waals surface area contributed by atoms with E-state index >= 15 is 0 Å². The minimum Gasteiger partial charge on any atom is -0.341 e. The molecule has 2 aromatic rings. The van der Waals surface area contributed by atoms with Crippen LogP contribution < -0.4 is 10.2 Å². The second-order valence-corrected chi connectivity index (χ2v) is 8.30. The van der Waals surface area contributed by atoms with Gasteiger partial charge in [-0.2, -0.15) is 0 Å². The lowest BCUT2D eigenvalue weighted by atomic mass is 10.1. The summed E-state index contributed by atoms with van der Waals surface area (Å²) in [5.74, 6) is 0.515. The van der Waals surface area contributed by atoms with Crippen molar-refractivity contribution < 1.29 is 9.59 Å². The first kappa shape index (κ1) is 19.0. The smallest absolute Gasteiger partial charge is 0.237 e. The van der Waals surface area contributed by atoms with E-state index < -0.39 is 0 Å². The molecular formula is C20H25N5O2S. The Balaban J connectivity index is 1.33. The van der Waals surface area contributed by atoms with Crippen molar-refractivity contribution in [2.75, 3.05) is 23.7 Å². The summed E-state index contributed by atoms with van der Waals surface area (Å²) in [7, 11) is 0. The van der Waals surface area contributed by atoms with E-state index in [-0.39, 0.29) is 24.0 Å². The topological polar surface area (TPSA) is 80.1 Å². The van der Waals surface area contributed by atoms with Gasteiger partial charge in [-0.25, -0.2) is 0 Å². The monoisotopic (exact) mass is 399 g/mol. The van der Waals surface area contributed by atoms with E-state index in [2.05, 4.69) is 25.0 Å². The Labute approximate surface area is 168 Å². The van der Waals surface area contributed by atoms with Crippen LogP contribution in [-0.4, -0.2) is 45.4 Å². The van der Waals surface area contributed by atoms with Crippen molar-refractivity contribution >= 4 is 29.5 Å². The Morgan fingerprint density at radius 1 is 1.04 bits per heavy atom. The number of amides is 2. The summed E-state index contributed by atoms with van der Waals surface area (Å²) in [6.07, 6.45) is 6.11. The average molecular weight is 400 g/mol. The van der Waals surface area contributed by atoms with Crippen LogP contribution in [0, 0.1) is 0 Å². The molecule has 2 fully saturated rings. The van der Waals surface area contributed by atoms with Gasteiger partial charge in [-0.15, -0.1) is 10.2 Å². The lowest BCUT2D eigenvalue weighted by molar-refractivity contribution is -0.128. The van der Waals surface area contributed by atoms with Crippen molar-refractivity contribution in [3.8, 4) is 0 Å². The highest BCUT2D eigenvalue weighted by molar-refractivity contribution is 7.99. The molecule has 0 radical (unpaired) electrons. The Hall–Kier alpha value is -2.35. The highest BCUT2D eigenvalue weighted by atomic mass is 32.2. The predicted octanol–water partition coefficient (Wildman–Crippen LogP) is 2.58. The molecule has 1 aromatic carbocycles. The molecule has 0 spiro atoms. The van der Waals surface area contributed by atoms with Crippen LogP contribution in [0.5, 0.6) is 0 Å². The van der Waals surface area contributed by atoms with E-state index in [0.29, 0.717) is 6.04 Å². The number of nitrogens with zero attached hydrogens (tertiary/aromatic N) is 4. The lowest BCUT2D eigenvalue weighted by Crippen LogP contribution is -2.33. The van der Waals surface area contributed by atoms with Crippen LogP contribution in [0.3, 0.4) is 0 Å². The molecule has 7 nitrogen and oxygen atoms in total. The van der Waals surface area contributed by atoms with Gasteiger partial charge in [0.2, 0.25) is 17.8 Å². The van der Waals surface area contributed by atoms with Gasteiger partial charge in [0.1, 0.15) is 0 Å². The second kappa shape index (κ2) is 8.77. The van der Waals surface area contributed by atoms with E-state index in [0.717, 1.165) is 42.6 Å². The number of carbonyl (C=O) groups is 2. The highest BCUT2D eigenvalue weighted by Crippen LogP contribution is 2.41. The van der Waals surface area contributed by atoms with Gasteiger partial charge in [-0.1, -0.05) is 42.1 Å². The maximum Gasteiger partial charge on any atom is 0.237 e. The van der Waals surface area contributed by atoms with Gasteiger partial charge in [0.25, 0.3) is 0 Å². The van der Waals surface area contributed by atoms with Gasteiger partial charge in [0, 0.05) is 19.1 Å². The van der Waals surface area contributed by atoms with Gasteiger partial charge in [0.05, 0.1) is 12.2 Å². The number of anilines is 1. The molecule has 1 saturated carbocycles. The van der Waals surface area contributed by atoms with Crippen molar-refractivity contribution in [1.82, 2.24) is 20.1 Å². The van der Waals surface area contributed by atoms with Crippen LogP contribution in [0.25, 0.3) is 0 Å². The molecule has 148 valence electrons. The summed E-state index contributed by atoms with van der Waals surface area (Å²) in [4.78, 5) is 26.6. The summed E-state index contributed by atoms with van der Waals surface area (Å²) >= 11 is 1.36. The first-order valence-corrected chi connectivity index (χ1v) is 10.9. The van der Waals surface area contributed by atoms with E-state index in [1.54, 1.807) is 0 Å². The fourth-order valence-corrected chi connectivity index (χ4v) is 4.28. The number of rotatable bonds is 7. The number of benzene rings is 1. The fourth-order valence-electron chi connectivity index (χ4n) is 3.48. The van der Waals surface area contributed by atoms with Crippen molar-refractivity contribution in [1.29, 1.82) is 0 Å². The molecule has 1 aromatic heterocycles. The van der Waals surface area contributed by atoms with Crippen LogP contribution in [-0.2, 0) is 16.0 Å². The number of nitrogens with one attached hydrogen (secondary N) is 1. The van der Waals surface area contributed by atoms with Gasteiger partial charge in [-0.05, 0) is 37.7 Å². The lowest BCUT2D eigenvalue weighted by Gasteiger charge is -2.27. The normalized spacial score (nSPS) is 16.8. The van der Waals surface area contributed by atoms with E-state index in [9.17, 15) is 9.59 Å². The predicted molar refractivity (Wildman–Crippen MR) is 108 cm³/mol. The van der Waals surface area contributed by atoms with E-state index in [1.165, 1.54) is 31.0 Å². The third kappa shape index (κ3) is 4.73. The number of thioether (sulfide) groups is 1. The standard InChI is InChI=1S/C20H25N5O2S/c26-17(13-15-7-3-1-4-8-15)21-18(27)14-28-20-23-22-19(25(20)16-9-10-16)24-11-5-2-6-12-24/h1,3-4,7-8,16H,2,5-6,9-14H2,(H,21,26,27). The highest BCUT2D eigenvalue weighted by Gasteiger charge is 2.32. The fraction of sp³-hybridized carbons (Fsp3) is 0.500. The molecule has 2 amide bonds. The zero-order valence-corrected chi connectivity index (χ0v) is 16.7. The number of carbonyl (C=O) groups excluding carboxylic acids is 2. The molecule has 1 saturated heterocycles. The van der Waals surface area contributed by atoms with Crippen molar-refractivity contribution in [3.63, 3.8) is 0 Å². The Bertz CT molecular complexity index is 828. The SMILES string of the molecule is O=C(CSc1nnc(N2CCCCC2)n1C1CC1)NC(=O)Cc1ccccc1. The first-order valence-electron chi connectivity index (χ1n) is 9.90. The third-order valence-corrected chi connectivity index (χ3v) is 5.96. The number of piperidine rings is 1. The molecule has 28 heavy (non-hydrogen) atoms. The van der Waals surface area contributed by atoms with Gasteiger partial charge >= 0.3 is 0 Å². The van der Waals surface area contributed by atoms with Gasteiger partial charge in [-0.3, -0.25) is 19.5 Å². The molecule has 1 aliphatic carbocycles. The largest absolute Gasteiger partial charge is 0.341 e. The Morgan fingerprint density at radius 2 is 1.79 bits per heavy atom. The first-order chi connectivity index (χ1) is 13.7. The number of aromatic nitrogens is 3. The molecule has 1 N–H and O–H groups in total. The average Bonchev–Trinajstić information content (AvgIpc) is 3.46. The number of imide groups is 1. The quantitative estimate of drug-likeness (QED) is 0.721. The molecule has 4 rings (SSSR count). The van der Waals surface area contributed by atoms with Crippen molar-refractivity contribution in [2.45, 2.75) is 49.7 Å². The van der Waals surface area contributed by atoms with E-state index in [1.807, 2.05) is 30.3 Å². The zero-order valence-electron chi connectivity index (χ0n) is 15.8. The van der Waals surface area contributed by atoms with Crippen LogP contribution in [0.15, 0.2) is 35.5 Å². The molecule has 0 bridgehead atoms. The van der Waals surface area contributed by atoms with Crippen LogP contribution >= 0.6 is 11.8 Å². The zero-order chi connectivity index (χ0) is 19.3. The second-order valence-electron chi connectivity index (χ2n) is 7.35. The molecular weight excluding hydrogens is 374 g/mol. The third-order valence-electron chi connectivity index (χ3n) is 5.02. The summed E-state index contributed by atoms with van der Waals surface area (Å²) in [5.41, 5.74) is 0.889. The molecule has 2 heterocycles. The van der Waals surface area contributed by atoms with Gasteiger partial charge < -0.3 is 4.90 Å². The maximum absolute atomic E-state index is 12.2. The minimum absolute atomic E-state index is 0.158. The Kier molecular flexibility index (Phi) is 5.95. The van der Waals surface area contributed by atoms with Crippen LogP contribution in [0.1, 0.15) is 43.7 Å². The molecule has 1 aliphatic heterocycles. The summed E-state index contributed by atoms with van der Waals surface area (Å²) in [6.45, 7) is 2.04. The summed E-state index contributed by atoms with van der Waals surface area (Å²) in [5, 5.41) is 12.0. The van der Waals surface area contributed by atoms with E-state index in [4.69, 9.17) is 0 Å². The van der Waals surface area contributed by atoms with Crippen LogP contribution in [0.4, 0.5) is 5.95 Å². The van der Waals surface area contributed by atoms with Crippen molar-refractivity contribution in [3.05, 3.63) is 35.9 Å². The Morgan fingerprint density at radius 3 is 2.50 bits per heavy atom. The van der Waals surface area contributed by atoms with Crippen molar-refractivity contribution in [2.24, 2.45) is 0 Å². The molecule has 0 atom stereocenters. The minimum atomic E-state index is -0.296. The maximum atomic E-state index is 12.2. The molecule has 2 aliphatic rings. The molecule has 0 unspecified atom stereocenters. The number of hydrogen-bond acceptors (Lipinski definition) is 6.